The van der Waals surface area contributed by atoms with Crippen molar-refractivity contribution in [2.45, 2.75) is 39.8 Å². The molecule has 0 radical (unpaired) electrons. The number of sulfonamides is 1. The number of hydrogen-bond donors (Lipinski definition) is 1. The predicted octanol–water partition coefficient (Wildman–Crippen LogP) is 5.48. The first-order chi connectivity index (χ1) is 18.9. The van der Waals surface area contributed by atoms with Crippen LogP contribution in [0.3, 0.4) is 0 Å². The molecule has 3 aromatic rings. The van der Waals surface area contributed by atoms with E-state index in [-0.39, 0.29) is 24.8 Å². The van der Waals surface area contributed by atoms with Crippen molar-refractivity contribution >= 4 is 50.7 Å². The van der Waals surface area contributed by atoms with Crippen LogP contribution in [0, 0.1) is 12.8 Å². The van der Waals surface area contributed by atoms with Crippen molar-refractivity contribution in [3.63, 3.8) is 0 Å². The molecular weight excluding hydrogens is 569 g/mol. The molecule has 3 rings (SSSR count). The van der Waals surface area contributed by atoms with E-state index in [9.17, 15) is 18.0 Å². The van der Waals surface area contributed by atoms with Gasteiger partial charge in [-0.05, 0) is 53.8 Å². The molecule has 0 spiro atoms. The minimum atomic E-state index is -3.89. The summed E-state index contributed by atoms with van der Waals surface area (Å²) in [5, 5.41) is 3.82. The van der Waals surface area contributed by atoms with Gasteiger partial charge in [-0.25, -0.2) is 8.42 Å². The van der Waals surface area contributed by atoms with Crippen LogP contribution < -0.4 is 9.62 Å². The van der Waals surface area contributed by atoms with Crippen molar-refractivity contribution in [2.75, 3.05) is 23.7 Å². The molecule has 0 bridgehead atoms. The number of rotatable bonds is 12. The van der Waals surface area contributed by atoms with Crippen LogP contribution in [-0.4, -0.2) is 50.5 Å². The van der Waals surface area contributed by atoms with Gasteiger partial charge in [-0.15, -0.1) is 0 Å². The maximum Gasteiger partial charge on any atom is 0.244 e. The minimum absolute atomic E-state index is 0.0537. The Balaban J connectivity index is 2.07. The molecular formula is C30H35Cl2N3O4S. The van der Waals surface area contributed by atoms with Crippen LogP contribution >= 0.6 is 23.2 Å². The molecule has 0 saturated carbocycles. The van der Waals surface area contributed by atoms with Crippen molar-refractivity contribution in [2.24, 2.45) is 5.92 Å². The number of hydrogen-bond acceptors (Lipinski definition) is 4. The molecule has 3 aromatic carbocycles. The van der Waals surface area contributed by atoms with Crippen LogP contribution in [0.4, 0.5) is 5.69 Å². The Bertz CT molecular complexity index is 1430. The van der Waals surface area contributed by atoms with Crippen molar-refractivity contribution in [1.82, 2.24) is 10.2 Å². The molecule has 10 heteroatoms. The van der Waals surface area contributed by atoms with Gasteiger partial charge in [-0.3, -0.25) is 13.9 Å². The molecule has 2 amide bonds. The molecule has 1 atom stereocenters. The summed E-state index contributed by atoms with van der Waals surface area (Å²) in [7, 11) is -3.89. The second kappa shape index (κ2) is 14.0. The molecule has 0 aliphatic rings. The van der Waals surface area contributed by atoms with Crippen LogP contribution in [-0.2, 0) is 32.6 Å². The van der Waals surface area contributed by atoms with E-state index >= 15 is 0 Å². The van der Waals surface area contributed by atoms with Crippen LogP contribution in [0.5, 0.6) is 0 Å². The minimum Gasteiger partial charge on any atom is -0.354 e. The second-order valence-electron chi connectivity index (χ2n) is 10.1. The van der Waals surface area contributed by atoms with Crippen molar-refractivity contribution in [3.8, 4) is 0 Å². The van der Waals surface area contributed by atoms with Gasteiger partial charge in [0.05, 0.1) is 11.9 Å². The first-order valence-corrected chi connectivity index (χ1v) is 15.6. The van der Waals surface area contributed by atoms with E-state index in [2.05, 4.69) is 5.32 Å². The van der Waals surface area contributed by atoms with Gasteiger partial charge in [-0.1, -0.05) is 85.6 Å². The Kier molecular flexibility index (Phi) is 11.0. The maximum absolute atomic E-state index is 14.1. The molecule has 214 valence electrons. The third-order valence-electron chi connectivity index (χ3n) is 6.38. The van der Waals surface area contributed by atoms with E-state index in [1.165, 1.54) is 4.90 Å². The van der Waals surface area contributed by atoms with E-state index in [4.69, 9.17) is 23.2 Å². The van der Waals surface area contributed by atoms with Gasteiger partial charge in [-0.2, -0.15) is 0 Å². The molecule has 40 heavy (non-hydrogen) atoms. The molecule has 0 aromatic heterocycles. The highest BCUT2D eigenvalue weighted by molar-refractivity contribution is 7.92. The lowest BCUT2D eigenvalue weighted by molar-refractivity contribution is -0.140. The first-order valence-electron chi connectivity index (χ1n) is 12.9. The van der Waals surface area contributed by atoms with Gasteiger partial charge in [0.25, 0.3) is 0 Å². The molecule has 7 nitrogen and oxygen atoms in total. The standard InChI is InChI=1S/C30H35Cl2N3O4S/c1-21(2)18-33-30(37)28(17-23-10-6-5-7-11-23)34(19-24-12-8-13-25(31)16-24)29(36)20-35(40(4,38)39)27-15-9-14-26(32)22(27)3/h5-16,21,28H,17-20H2,1-4H3,(H,33,37)/t28-/m0/s1. The summed E-state index contributed by atoms with van der Waals surface area (Å²) in [6, 6.07) is 20.4. The largest absolute Gasteiger partial charge is 0.354 e. The van der Waals surface area contributed by atoms with E-state index in [1.807, 2.05) is 50.2 Å². The third-order valence-corrected chi connectivity index (χ3v) is 8.16. The summed E-state index contributed by atoms with van der Waals surface area (Å²) in [6.45, 7) is 5.64. The first kappa shape index (κ1) is 31.5. The Morgan fingerprint density at radius 2 is 1.57 bits per heavy atom. The topological polar surface area (TPSA) is 86.8 Å². The average Bonchev–Trinajstić information content (AvgIpc) is 2.89. The Morgan fingerprint density at radius 1 is 0.925 bits per heavy atom. The number of halogens is 2. The van der Waals surface area contributed by atoms with Crippen LogP contribution in [0.2, 0.25) is 10.0 Å². The molecule has 0 aliphatic heterocycles. The lowest BCUT2D eigenvalue weighted by Gasteiger charge is -2.34. The Morgan fingerprint density at radius 3 is 2.20 bits per heavy atom. The zero-order valence-corrected chi connectivity index (χ0v) is 25.4. The summed E-state index contributed by atoms with van der Waals surface area (Å²) in [5.41, 5.74) is 2.40. The fourth-order valence-corrected chi connectivity index (χ4v) is 5.55. The second-order valence-corrected chi connectivity index (χ2v) is 12.9. The fourth-order valence-electron chi connectivity index (χ4n) is 4.27. The van der Waals surface area contributed by atoms with Crippen LogP contribution in [0.1, 0.15) is 30.5 Å². The Hall–Kier alpha value is -3.07. The lowest BCUT2D eigenvalue weighted by atomic mass is 10.0. The molecule has 0 saturated heterocycles. The third kappa shape index (κ3) is 8.71. The average molecular weight is 605 g/mol. The normalized spacial score (nSPS) is 12.2. The zero-order chi connectivity index (χ0) is 29.4. The molecule has 0 heterocycles. The summed E-state index contributed by atoms with van der Waals surface area (Å²) in [5.74, 6) is -0.659. The zero-order valence-electron chi connectivity index (χ0n) is 23.1. The highest BCUT2D eigenvalue weighted by Gasteiger charge is 2.33. The van der Waals surface area contributed by atoms with Gasteiger partial charge in [0.1, 0.15) is 12.6 Å². The van der Waals surface area contributed by atoms with Crippen LogP contribution in [0.15, 0.2) is 72.8 Å². The van der Waals surface area contributed by atoms with Gasteiger partial charge in [0, 0.05) is 29.6 Å². The van der Waals surface area contributed by atoms with Gasteiger partial charge >= 0.3 is 0 Å². The summed E-state index contributed by atoms with van der Waals surface area (Å²) in [6.07, 6.45) is 1.28. The maximum atomic E-state index is 14.1. The summed E-state index contributed by atoms with van der Waals surface area (Å²) in [4.78, 5) is 29.2. The SMILES string of the molecule is Cc1c(Cl)cccc1N(CC(=O)N(Cc1cccc(Cl)c1)[C@@H](Cc1ccccc1)C(=O)NCC(C)C)S(C)(=O)=O. The van der Waals surface area contributed by atoms with E-state index in [1.54, 1.807) is 43.3 Å². The molecule has 0 aliphatic carbocycles. The number of nitrogens with zero attached hydrogens (tertiary/aromatic N) is 2. The monoisotopic (exact) mass is 603 g/mol. The molecule has 0 fully saturated rings. The smallest absolute Gasteiger partial charge is 0.244 e. The number of amides is 2. The lowest BCUT2D eigenvalue weighted by Crippen LogP contribution is -2.53. The van der Waals surface area contributed by atoms with Crippen LogP contribution in [0.25, 0.3) is 0 Å². The van der Waals surface area contributed by atoms with Crippen molar-refractivity contribution < 1.29 is 18.0 Å². The predicted molar refractivity (Wildman–Crippen MR) is 162 cm³/mol. The molecule has 1 N–H and O–H groups in total. The van der Waals surface area contributed by atoms with Crippen molar-refractivity contribution in [1.29, 1.82) is 0 Å². The number of carbonyl (C=O) groups is 2. The molecule has 0 unspecified atom stereocenters. The van der Waals surface area contributed by atoms with Crippen molar-refractivity contribution in [3.05, 3.63) is 99.5 Å². The highest BCUT2D eigenvalue weighted by Crippen LogP contribution is 2.29. The number of nitrogens with one attached hydrogen (secondary N) is 1. The van der Waals surface area contributed by atoms with Gasteiger partial charge in [0.15, 0.2) is 0 Å². The number of benzene rings is 3. The van der Waals surface area contributed by atoms with E-state index in [0.29, 0.717) is 33.4 Å². The summed E-state index contributed by atoms with van der Waals surface area (Å²) < 4.78 is 26.9. The van der Waals surface area contributed by atoms with E-state index in [0.717, 1.165) is 16.1 Å². The highest BCUT2D eigenvalue weighted by atomic mass is 35.5. The Labute approximate surface area is 247 Å². The van der Waals surface area contributed by atoms with Gasteiger partial charge < -0.3 is 10.2 Å². The number of anilines is 1. The quantitative estimate of drug-likeness (QED) is 0.297. The fraction of sp³-hybridized carbons (Fsp3) is 0.333. The number of carbonyl (C=O) groups excluding carboxylic acids is 2. The van der Waals surface area contributed by atoms with E-state index < -0.39 is 28.5 Å². The summed E-state index contributed by atoms with van der Waals surface area (Å²) >= 11 is 12.5. The van der Waals surface area contributed by atoms with Gasteiger partial charge in [0.2, 0.25) is 21.8 Å².